The zero-order valence-electron chi connectivity index (χ0n) is 9.66. The van der Waals surface area contributed by atoms with Gasteiger partial charge in [0.05, 0.1) is 6.61 Å². The fourth-order valence-electron chi connectivity index (χ4n) is 1.48. The van der Waals surface area contributed by atoms with Crippen LogP contribution in [0, 0.1) is 5.82 Å². The third-order valence-corrected chi connectivity index (χ3v) is 2.51. The number of hydrogen-bond donors (Lipinski definition) is 2. The van der Waals surface area contributed by atoms with Gasteiger partial charge in [0.15, 0.2) is 11.6 Å². The Kier molecular flexibility index (Phi) is 5.22. The topological polar surface area (TPSA) is 41.5 Å². The molecule has 1 aromatic carbocycles. The fraction of sp³-hybridized carbons (Fsp3) is 0.500. The molecule has 2 N–H and O–H groups in total. The Morgan fingerprint density at radius 3 is 2.88 bits per heavy atom. The van der Waals surface area contributed by atoms with Crippen molar-refractivity contribution < 1.29 is 14.2 Å². The van der Waals surface area contributed by atoms with Crippen LogP contribution in [0.15, 0.2) is 18.2 Å². The van der Waals surface area contributed by atoms with Gasteiger partial charge in [0.1, 0.15) is 0 Å². The van der Waals surface area contributed by atoms with Crippen molar-refractivity contribution in [1.82, 2.24) is 5.32 Å². The predicted molar refractivity (Wildman–Crippen MR) is 60.9 cm³/mol. The van der Waals surface area contributed by atoms with E-state index >= 15 is 0 Å². The van der Waals surface area contributed by atoms with Gasteiger partial charge in [-0.2, -0.15) is 0 Å². The van der Waals surface area contributed by atoms with E-state index in [1.165, 1.54) is 6.07 Å². The average molecular weight is 227 g/mol. The highest BCUT2D eigenvalue weighted by Gasteiger charge is 2.09. The number of para-hydroxylation sites is 1. The highest BCUT2D eigenvalue weighted by Crippen LogP contribution is 2.20. The lowest BCUT2D eigenvalue weighted by Gasteiger charge is -2.16. The van der Waals surface area contributed by atoms with Crippen molar-refractivity contribution in [3.05, 3.63) is 29.6 Å². The lowest BCUT2D eigenvalue weighted by atomic mass is 10.1. The standard InChI is InChI=1S/C12H18FNO2/c1-3-10(8-16-2)14-7-9-5-4-6-11(13)12(9)15/h4-6,10,14-15H,3,7-8H2,1-2H3. The van der Waals surface area contributed by atoms with Crippen LogP contribution in [0.4, 0.5) is 4.39 Å². The van der Waals surface area contributed by atoms with E-state index in [1.54, 1.807) is 19.2 Å². The minimum atomic E-state index is -0.584. The molecule has 1 atom stereocenters. The number of nitrogens with one attached hydrogen (secondary N) is 1. The number of phenols is 1. The molecule has 1 aromatic rings. The molecule has 1 unspecified atom stereocenters. The second kappa shape index (κ2) is 6.45. The van der Waals surface area contributed by atoms with E-state index < -0.39 is 5.82 Å². The van der Waals surface area contributed by atoms with E-state index in [0.29, 0.717) is 18.7 Å². The third-order valence-electron chi connectivity index (χ3n) is 2.51. The van der Waals surface area contributed by atoms with Crippen LogP contribution in [-0.4, -0.2) is 24.9 Å². The van der Waals surface area contributed by atoms with Crippen molar-refractivity contribution >= 4 is 0 Å². The van der Waals surface area contributed by atoms with Gasteiger partial charge < -0.3 is 15.2 Å². The molecule has 0 spiro atoms. The SMILES string of the molecule is CCC(COC)NCc1cccc(F)c1O. The highest BCUT2D eigenvalue weighted by molar-refractivity contribution is 5.33. The number of halogens is 1. The van der Waals surface area contributed by atoms with Gasteiger partial charge in [-0.1, -0.05) is 19.1 Å². The zero-order chi connectivity index (χ0) is 12.0. The number of rotatable bonds is 6. The van der Waals surface area contributed by atoms with E-state index in [1.807, 2.05) is 6.92 Å². The van der Waals surface area contributed by atoms with Crippen molar-refractivity contribution in [3.63, 3.8) is 0 Å². The van der Waals surface area contributed by atoms with Crippen LogP contribution in [0.1, 0.15) is 18.9 Å². The average Bonchev–Trinajstić information content (AvgIpc) is 2.29. The molecule has 16 heavy (non-hydrogen) atoms. The quantitative estimate of drug-likeness (QED) is 0.781. The molecule has 0 aliphatic rings. The van der Waals surface area contributed by atoms with Gasteiger partial charge in [-0.05, 0) is 12.5 Å². The summed E-state index contributed by atoms with van der Waals surface area (Å²) in [6.45, 7) is 3.08. The fourth-order valence-corrected chi connectivity index (χ4v) is 1.48. The van der Waals surface area contributed by atoms with E-state index in [9.17, 15) is 9.50 Å². The van der Waals surface area contributed by atoms with Crippen LogP contribution >= 0.6 is 0 Å². The molecular weight excluding hydrogens is 209 g/mol. The van der Waals surface area contributed by atoms with Gasteiger partial charge in [0.2, 0.25) is 0 Å². The molecule has 0 saturated carbocycles. The first-order chi connectivity index (χ1) is 7.69. The van der Waals surface area contributed by atoms with Crippen LogP contribution in [0.25, 0.3) is 0 Å². The number of phenolic OH excluding ortho intramolecular Hbond substituents is 1. The van der Waals surface area contributed by atoms with Crippen molar-refractivity contribution in [2.24, 2.45) is 0 Å². The molecule has 90 valence electrons. The van der Waals surface area contributed by atoms with E-state index in [-0.39, 0.29) is 11.8 Å². The third kappa shape index (κ3) is 3.47. The van der Waals surface area contributed by atoms with Crippen molar-refractivity contribution in [1.29, 1.82) is 0 Å². The lowest BCUT2D eigenvalue weighted by Crippen LogP contribution is -2.32. The zero-order valence-corrected chi connectivity index (χ0v) is 9.66. The first-order valence-electron chi connectivity index (χ1n) is 5.37. The summed E-state index contributed by atoms with van der Waals surface area (Å²) in [6, 6.07) is 4.74. The van der Waals surface area contributed by atoms with Crippen LogP contribution in [-0.2, 0) is 11.3 Å². The van der Waals surface area contributed by atoms with Crippen LogP contribution < -0.4 is 5.32 Å². The molecule has 0 aliphatic heterocycles. The number of hydrogen-bond acceptors (Lipinski definition) is 3. The number of methoxy groups -OCH3 is 1. The van der Waals surface area contributed by atoms with E-state index in [4.69, 9.17) is 4.74 Å². The summed E-state index contributed by atoms with van der Waals surface area (Å²) in [7, 11) is 1.64. The molecule has 0 aliphatic carbocycles. The second-order valence-corrected chi connectivity index (χ2v) is 3.69. The van der Waals surface area contributed by atoms with E-state index in [2.05, 4.69) is 5.32 Å². The van der Waals surface area contributed by atoms with Gasteiger partial charge in [-0.25, -0.2) is 4.39 Å². The minimum absolute atomic E-state index is 0.215. The Morgan fingerprint density at radius 2 is 2.25 bits per heavy atom. The maximum Gasteiger partial charge on any atom is 0.165 e. The van der Waals surface area contributed by atoms with Crippen molar-refractivity contribution in [2.75, 3.05) is 13.7 Å². The maximum absolute atomic E-state index is 13.0. The summed E-state index contributed by atoms with van der Waals surface area (Å²) >= 11 is 0. The smallest absolute Gasteiger partial charge is 0.165 e. The van der Waals surface area contributed by atoms with E-state index in [0.717, 1.165) is 6.42 Å². The first kappa shape index (κ1) is 12.9. The minimum Gasteiger partial charge on any atom is -0.505 e. The molecular formula is C12H18FNO2. The summed E-state index contributed by atoms with van der Waals surface area (Å²) in [5.41, 5.74) is 0.564. The summed E-state index contributed by atoms with van der Waals surface area (Å²) < 4.78 is 18.1. The molecule has 0 bridgehead atoms. The Bertz CT molecular complexity index is 331. The molecule has 0 aromatic heterocycles. The monoisotopic (exact) mass is 227 g/mol. The van der Waals surface area contributed by atoms with Crippen molar-refractivity contribution in [2.45, 2.75) is 25.9 Å². The molecule has 4 heteroatoms. The van der Waals surface area contributed by atoms with Gasteiger partial charge in [-0.3, -0.25) is 0 Å². The summed E-state index contributed by atoms with van der Waals surface area (Å²) in [6.07, 6.45) is 0.921. The number of ether oxygens (including phenoxy) is 1. The Labute approximate surface area is 95.2 Å². The summed E-state index contributed by atoms with van der Waals surface area (Å²) in [5.74, 6) is -0.860. The first-order valence-corrected chi connectivity index (χ1v) is 5.37. The molecule has 0 radical (unpaired) electrons. The normalized spacial score (nSPS) is 12.7. The number of aromatic hydroxyl groups is 1. The molecule has 0 saturated heterocycles. The summed E-state index contributed by atoms with van der Waals surface area (Å²) in [4.78, 5) is 0. The Hall–Kier alpha value is -1.13. The Balaban J connectivity index is 2.56. The lowest BCUT2D eigenvalue weighted by molar-refractivity contribution is 0.163. The number of benzene rings is 1. The molecule has 0 amide bonds. The van der Waals surface area contributed by atoms with Gasteiger partial charge in [0, 0.05) is 25.3 Å². The summed E-state index contributed by atoms with van der Waals surface area (Å²) in [5, 5.41) is 12.7. The Morgan fingerprint density at radius 1 is 1.50 bits per heavy atom. The predicted octanol–water partition coefficient (Wildman–Crippen LogP) is 2.05. The van der Waals surface area contributed by atoms with Gasteiger partial charge in [0.25, 0.3) is 0 Å². The largest absolute Gasteiger partial charge is 0.505 e. The molecule has 1 rings (SSSR count). The van der Waals surface area contributed by atoms with Crippen LogP contribution in [0.3, 0.4) is 0 Å². The second-order valence-electron chi connectivity index (χ2n) is 3.69. The molecule has 3 nitrogen and oxygen atoms in total. The molecule has 0 fully saturated rings. The van der Waals surface area contributed by atoms with Crippen LogP contribution in [0.2, 0.25) is 0 Å². The highest BCUT2D eigenvalue weighted by atomic mass is 19.1. The van der Waals surface area contributed by atoms with Crippen LogP contribution in [0.5, 0.6) is 5.75 Å². The maximum atomic E-state index is 13.0. The molecule has 0 heterocycles. The van der Waals surface area contributed by atoms with Gasteiger partial charge in [-0.15, -0.1) is 0 Å². The van der Waals surface area contributed by atoms with Crippen molar-refractivity contribution in [3.8, 4) is 5.75 Å². The van der Waals surface area contributed by atoms with Gasteiger partial charge >= 0.3 is 0 Å².